The number of benzene rings is 1. The van der Waals surface area contributed by atoms with E-state index in [0.717, 1.165) is 32.0 Å². The maximum Gasteiger partial charge on any atom is 0.194 e. The first kappa shape index (κ1) is 20.2. The van der Waals surface area contributed by atoms with Gasteiger partial charge in [0.25, 0.3) is 0 Å². The zero-order valence-electron chi connectivity index (χ0n) is 14.3. The first-order valence-corrected chi connectivity index (χ1v) is 8.03. The third-order valence-electron chi connectivity index (χ3n) is 3.80. The van der Waals surface area contributed by atoms with E-state index in [1.54, 1.807) is 0 Å². The van der Waals surface area contributed by atoms with Gasteiger partial charge in [-0.1, -0.05) is 24.3 Å². The van der Waals surface area contributed by atoms with Crippen molar-refractivity contribution in [3.8, 4) is 0 Å². The molecule has 0 spiro atoms. The molecule has 1 aliphatic rings. The second-order valence-electron chi connectivity index (χ2n) is 6.07. The van der Waals surface area contributed by atoms with Crippen molar-refractivity contribution >= 4 is 29.9 Å². The van der Waals surface area contributed by atoms with Crippen molar-refractivity contribution in [2.45, 2.75) is 32.5 Å². The monoisotopic (exact) mass is 432 g/mol. The SMILES string of the molecule is CCNC(=NCc1ccccc1CN(C)C)N1CC[C@@H](O)C1.I. The zero-order chi connectivity index (χ0) is 15.9. The largest absolute Gasteiger partial charge is 0.391 e. The summed E-state index contributed by atoms with van der Waals surface area (Å²) in [5.41, 5.74) is 2.57. The Hall–Kier alpha value is -0.860. The summed E-state index contributed by atoms with van der Waals surface area (Å²) < 4.78 is 0. The normalized spacial score (nSPS) is 18.2. The number of aliphatic hydroxyl groups excluding tert-OH is 1. The summed E-state index contributed by atoms with van der Waals surface area (Å²) in [5.74, 6) is 0.902. The van der Waals surface area contributed by atoms with E-state index in [9.17, 15) is 5.11 Å². The third kappa shape index (κ3) is 6.27. The third-order valence-corrected chi connectivity index (χ3v) is 3.80. The summed E-state index contributed by atoms with van der Waals surface area (Å²) in [4.78, 5) is 9.08. The van der Waals surface area contributed by atoms with Crippen LogP contribution in [-0.4, -0.2) is 60.7 Å². The second-order valence-corrected chi connectivity index (χ2v) is 6.07. The number of nitrogens with one attached hydrogen (secondary N) is 1. The molecule has 130 valence electrons. The fraction of sp³-hybridized carbons (Fsp3) is 0.588. The highest BCUT2D eigenvalue weighted by Gasteiger charge is 2.22. The van der Waals surface area contributed by atoms with Crippen molar-refractivity contribution in [2.24, 2.45) is 4.99 Å². The molecule has 1 aliphatic heterocycles. The van der Waals surface area contributed by atoms with E-state index in [1.165, 1.54) is 11.1 Å². The van der Waals surface area contributed by atoms with Crippen LogP contribution in [0.5, 0.6) is 0 Å². The average Bonchev–Trinajstić information content (AvgIpc) is 2.91. The average molecular weight is 432 g/mol. The van der Waals surface area contributed by atoms with E-state index < -0.39 is 0 Å². The van der Waals surface area contributed by atoms with Gasteiger partial charge in [0.2, 0.25) is 0 Å². The Balaban J connectivity index is 0.00000264. The number of aliphatic imine (C=N–C) groups is 1. The molecular formula is C17H29IN4O. The molecule has 0 bridgehead atoms. The van der Waals surface area contributed by atoms with Crippen molar-refractivity contribution in [1.82, 2.24) is 15.1 Å². The molecule has 0 amide bonds. The lowest BCUT2D eigenvalue weighted by molar-refractivity contribution is 0.188. The molecule has 1 atom stereocenters. The zero-order valence-corrected chi connectivity index (χ0v) is 16.7. The van der Waals surface area contributed by atoms with Gasteiger partial charge >= 0.3 is 0 Å². The Labute approximate surface area is 156 Å². The molecule has 0 aliphatic carbocycles. The van der Waals surface area contributed by atoms with Gasteiger partial charge in [-0.25, -0.2) is 4.99 Å². The lowest BCUT2D eigenvalue weighted by atomic mass is 10.1. The molecule has 6 heteroatoms. The van der Waals surface area contributed by atoms with Crippen molar-refractivity contribution in [2.75, 3.05) is 33.7 Å². The number of halogens is 1. The van der Waals surface area contributed by atoms with Crippen LogP contribution in [0.3, 0.4) is 0 Å². The van der Waals surface area contributed by atoms with Gasteiger partial charge in [-0.2, -0.15) is 0 Å². The molecule has 2 rings (SSSR count). The molecule has 2 N–H and O–H groups in total. The molecule has 5 nitrogen and oxygen atoms in total. The van der Waals surface area contributed by atoms with Crippen LogP contribution in [0.1, 0.15) is 24.5 Å². The van der Waals surface area contributed by atoms with Crippen LogP contribution in [0.4, 0.5) is 0 Å². The number of guanidine groups is 1. The number of rotatable bonds is 5. The number of nitrogens with zero attached hydrogens (tertiary/aromatic N) is 3. The fourth-order valence-corrected chi connectivity index (χ4v) is 2.73. The van der Waals surface area contributed by atoms with Crippen LogP contribution in [0.15, 0.2) is 29.3 Å². The Bertz CT molecular complexity index is 507. The minimum Gasteiger partial charge on any atom is -0.391 e. The quantitative estimate of drug-likeness (QED) is 0.424. The Morgan fingerprint density at radius 3 is 2.61 bits per heavy atom. The Kier molecular flexibility index (Phi) is 8.86. The number of aliphatic hydroxyl groups is 1. The van der Waals surface area contributed by atoms with Gasteiger partial charge in [0.1, 0.15) is 0 Å². The second kappa shape index (κ2) is 10.1. The minimum absolute atomic E-state index is 0. The smallest absolute Gasteiger partial charge is 0.194 e. The lowest BCUT2D eigenvalue weighted by Crippen LogP contribution is -2.40. The Morgan fingerprint density at radius 1 is 1.35 bits per heavy atom. The van der Waals surface area contributed by atoms with Crippen LogP contribution in [0, 0.1) is 0 Å². The molecule has 0 radical (unpaired) electrons. The highest BCUT2D eigenvalue weighted by Crippen LogP contribution is 2.13. The summed E-state index contributed by atoms with van der Waals surface area (Å²) >= 11 is 0. The van der Waals surface area contributed by atoms with Crippen LogP contribution in [0.2, 0.25) is 0 Å². The first-order valence-electron chi connectivity index (χ1n) is 8.03. The summed E-state index contributed by atoms with van der Waals surface area (Å²) in [7, 11) is 4.16. The van der Waals surface area contributed by atoms with E-state index in [1.807, 2.05) is 0 Å². The molecule has 0 saturated carbocycles. The van der Waals surface area contributed by atoms with E-state index in [0.29, 0.717) is 13.1 Å². The summed E-state index contributed by atoms with van der Waals surface area (Å²) in [6.07, 6.45) is 0.589. The van der Waals surface area contributed by atoms with Crippen molar-refractivity contribution < 1.29 is 5.11 Å². The van der Waals surface area contributed by atoms with Gasteiger partial charge < -0.3 is 20.2 Å². The number of β-amino-alcohol motifs (C(OH)–C–C–N with tert-alkyl or cyclic N) is 1. The number of hydrogen-bond donors (Lipinski definition) is 2. The highest BCUT2D eigenvalue weighted by atomic mass is 127. The molecule has 1 saturated heterocycles. The maximum absolute atomic E-state index is 9.72. The molecular weight excluding hydrogens is 403 g/mol. The minimum atomic E-state index is -0.232. The van der Waals surface area contributed by atoms with Crippen molar-refractivity contribution in [3.05, 3.63) is 35.4 Å². The summed E-state index contributed by atoms with van der Waals surface area (Å²) in [6, 6.07) is 8.45. The van der Waals surface area contributed by atoms with Crippen LogP contribution in [0.25, 0.3) is 0 Å². The van der Waals surface area contributed by atoms with Crippen molar-refractivity contribution in [3.63, 3.8) is 0 Å². The molecule has 0 unspecified atom stereocenters. The highest BCUT2D eigenvalue weighted by molar-refractivity contribution is 14.0. The lowest BCUT2D eigenvalue weighted by Gasteiger charge is -2.21. The predicted octanol–water partition coefficient (Wildman–Crippen LogP) is 1.90. The topological polar surface area (TPSA) is 51.1 Å². The standard InChI is InChI=1S/C17H28N4O.HI/c1-4-18-17(21-10-9-16(22)13-21)19-11-14-7-5-6-8-15(14)12-20(2)3;/h5-8,16,22H,4,9-13H2,1-3H3,(H,18,19);1H/t16-;/m1./s1. The van der Waals surface area contributed by atoms with Gasteiger partial charge in [0, 0.05) is 26.2 Å². The number of likely N-dealkylation sites (tertiary alicyclic amines) is 1. The van der Waals surface area contributed by atoms with Gasteiger partial charge in [-0.3, -0.25) is 0 Å². The van der Waals surface area contributed by atoms with Crippen LogP contribution in [-0.2, 0) is 13.1 Å². The van der Waals surface area contributed by atoms with Gasteiger partial charge in [0.05, 0.1) is 12.6 Å². The number of hydrogen-bond acceptors (Lipinski definition) is 3. The molecule has 1 fully saturated rings. The van der Waals surface area contributed by atoms with E-state index >= 15 is 0 Å². The maximum atomic E-state index is 9.72. The van der Waals surface area contributed by atoms with Gasteiger partial charge in [-0.05, 0) is 38.6 Å². The molecule has 0 aromatic heterocycles. The van der Waals surface area contributed by atoms with Gasteiger partial charge in [0.15, 0.2) is 5.96 Å². The summed E-state index contributed by atoms with van der Waals surface area (Å²) in [6.45, 7) is 6.04. The van der Waals surface area contributed by atoms with Crippen LogP contribution >= 0.6 is 24.0 Å². The Morgan fingerprint density at radius 2 is 2.04 bits per heavy atom. The summed E-state index contributed by atoms with van der Waals surface area (Å²) in [5, 5.41) is 13.0. The molecule has 23 heavy (non-hydrogen) atoms. The predicted molar refractivity (Wildman–Crippen MR) is 106 cm³/mol. The first-order chi connectivity index (χ1) is 10.6. The molecule has 1 heterocycles. The van der Waals surface area contributed by atoms with Crippen molar-refractivity contribution in [1.29, 1.82) is 0 Å². The van der Waals surface area contributed by atoms with Crippen LogP contribution < -0.4 is 5.32 Å². The van der Waals surface area contributed by atoms with E-state index in [4.69, 9.17) is 4.99 Å². The van der Waals surface area contributed by atoms with Gasteiger partial charge in [-0.15, -0.1) is 24.0 Å². The van der Waals surface area contributed by atoms with E-state index in [2.05, 4.69) is 60.4 Å². The molecule has 1 aromatic rings. The fourth-order valence-electron chi connectivity index (χ4n) is 2.73. The molecule has 1 aromatic carbocycles. The van der Waals surface area contributed by atoms with E-state index in [-0.39, 0.29) is 30.1 Å².